The van der Waals surface area contributed by atoms with Crippen LogP contribution in [0, 0.1) is 0 Å². The van der Waals surface area contributed by atoms with Gasteiger partial charge in [0.2, 0.25) is 0 Å². The number of halogens is 1. The minimum absolute atomic E-state index is 0.320. The summed E-state index contributed by atoms with van der Waals surface area (Å²) in [5.74, 6) is 0. The molecule has 5 heteroatoms. The predicted molar refractivity (Wildman–Crippen MR) is 67.9 cm³/mol. The van der Waals surface area contributed by atoms with Crippen LogP contribution in [0.1, 0.15) is 24.6 Å². The Kier molecular flexibility index (Phi) is 4.34. The lowest BCUT2D eigenvalue weighted by Gasteiger charge is -2.24. The Morgan fingerprint density at radius 2 is 2.18 bits per heavy atom. The molecule has 2 heterocycles. The van der Waals surface area contributed by atoms with Gasteiger partial charge in [-0.15, -0.1) is 0 Å². The maximum absolute atomic E-state index is 10.1. The lowest BCUT2D eigenvalue weighted by atomic mass is 10.1. The van der Waals surface area contributed by atoms with Crippen molar-refractivity contribution in [1.29, 1.82) is 0 Å². The molecule has 3 N–H and O–H groups in total. The fourth-order valence-electron chi connectivity index (χ4n) is 2.17. The molecule has 1 fully saturated rings. The fourth-order valence-corrected chi connectivity index (χ4v) is 2.33. The molecule has 0 spiro atoms. The molecule has 2 rings (SSSR count). The van der Waals surface area contributed by atoms with Gasteiger partial charge in [-0.2, -0.15) is 0 Å². The second-order valence-electron chi connectivity index (χ2n) is 4.52. The van der Waals surface area contributed by atoms with Gasteiger partial charge in [-0.25, -0.2) is 0 Å². The number of hydrogen-bond acceptors (Lipinski definition) is 4. The van der Waals surface area contributed by atoms with Gasteiger partial charge in [0.05, 0.1) is 5.69 Å². The summed E-state index contributed by atoms with van der Waals surface area (Å²) < 4.78 is 0. The Bertz CT molecular complexity index is 369. The van der Waals surface area contributed by atoms with E-state index in [1.54, 1.807) is 18.3 Å². The third kappa shape index (κ3) is 3.39. The number of pyridine rings is 1. The second kappa shape index (κ2) is 5.78. The zero-order valence-electron chi connectivity index (χ0n) is 9.72. The van der Waals surface area contributed by atoms with Gasteiger partial charge in [0, 0.05) is 23.8 Å². The van der Waals surface area contributed by atoms with Gasteiger partial charge in [-0.05, 0) is 38.1 Å². The summed E-state index contributed by atoms with van der Waals surface area (Å²) in [6, 6.07) is 3.03. The highest BCUT2D eigenvalue weighted by Crippen LogP contribution is 2.18. The number of aromatic nitrogens is 1. The Labute approximate surface area is 106 Å². The van der Waals surface area contributed by atoms with Crippen LogP contribution in [0.25, 0.3) is 0 Å². The molecule has 2 atom stereocenters. The lowest BCUT2D eigenvalue weighted by Crippen LogP contribution is -2.40. The smallest absolute Gasteiger partial charge is 0.112 e. The van der Waals surface area contributed by atoms with E-state index in [0.29, 0.717) is 17.3 Å². The average Bonchev–Trinajstić information content (AvgIpc) is 2.80. The molecule has 0 amide bonds. The van der Waals surface area contributed by atoms with Gasteiger partial charge in [0.25, 0.3) is 0 Å². The third-order valence-corrected chi connectivity index (χ3v) is 3.35. The first-order valence-corrected chi connectivity index (χ1v) is 6.32. The van der Waals surface area contributed by atoms with Gasteiger partial charge < -0.3 is 15.7 Å². The quantitative estimate of drug-likeness (QED) is 0.849. The molecule has 17 heavy (non-hydrogen) atoms. The normalized spacial score (nSPS) is 20.4. The summed E-state index contributed by atoms with van der Waals surface area (Å²) >= 11 is 5.86. The van der Waals surface area contributed by atoms with E-state index >= 15 is 0 Å². The van der Waals surface area contributed by atoms with Crippen molar-refractivity contribution in [1.82, 2.24) is 9.88 Å². The average molecular weight is 256 g/mol. The van der Waals surface area contributed by atoms with Crippen molar-refractivity contribution in [3.63, 3.8) is 0 Å². The standard InChI is InChI=1S/C12H18ClN3O/c13-9-3-4-15-11(7-9)12(17)10(14)8-16-5-1-2-6-16/h3-4,7,10,12,17H,1-2,5-6,8,14H2/t10-,12+/m1/s1. The van der Waals surface area contributed by atoms with Crippen LogP contribution < -0.4 is 5.73 Å². The first-order valence-electron chi connectivity index (χ1n) is 5.94. The first-order chi connectivity index (χ1) is 8.16. The first kappa shape index (κ1) is 12.8. The van der Waals surface area contributed by atoms with Crippen LogP contribution in [-0.4, -0.2) is 40.7 Å². The minimum atomic E-state index is -0.755. The molecule has 1 aromatic heterocycles. The molecule has 0 aromatic carbocycles. The van der Waals surface area contributed by atoms with Crippen molar-refractivity contribution >= 4 is 11.6 Å². The van der Waals surface area contributed by atoms with E-state index in [2.05, 4.69) is 9.88 Å². The minimum Gasteiger partial charge on any atom is -0.385 e. The molecule has 0 radical (unpaired) electrons. The highest BCUT2D eigenvalue weighted by Gasteiger charge is 2.22. The lowest BCUT2D eigenvalue weighted by molar-refractivity contribution is 0.121. The van der Waals surface area contributed by atoms with Crippen LogP contribution in [-0.2, 0) is 0 Å². The van der Waals surface area contributed by atoms with Crippen LogP contribution in [0.4, 0.5) is 0 Å². The molecule has 1 aliphatic heterocycles. The topological polar surface area (TPSA) is 62.4 Å². The van der Waals surface area contributed by atoms with Gasteiger partial charge in [-0.3, -0.25) is 4.98 Å². The van der Waals surface area contributed by atoms with E-state index in [0.717, 1.165) is 13.1 Å². The monoisotopic (exact) mass is 255 g/mol. The molecule has 1 aliphatic rings. The zero-order valence-corrected chi connectivity index (χ0v) is 10.5. The summed E-state index contributed by atoms with van der Waals surface area (Å²) in [6.07, 6.45) is 3.27. The predicted octanol–water partition coefficient (Wildman–Crippen LogP) is 1.19. The van der Waals surface area contributed by atoms with Gasteiger partial charge in [0.15, 0.2) is 0 Å². The van der Waals surface area contributed by atoms with Gasteiger partial charge in [0.1, 0.15) is 6.10 Å². The number of hydrogen-bond donors (Lipinski definition) is 2. The van der Waals surface area contributed by atoms with Crippen LogP contribution >= 0.6 is 11.6 Å². The van der Waals surface area contributed by atoms with Crippen LogP contribution in [0.2, 0.25) is 5.02 Å². The molecule has 1 aromatic rings. The number of aliphatic hydroxyl groups is 1. The van der Waals surface area contributed by atoms with Crippen LogP contribution in [0.3, 0.4) is 0 Å². The Hall–Kier alpha value is -0.680. The van der Waals surface area contributed by atoms with E-state index in [-0.39, 0.29) is 6.04 Å². The van der Waals surface area contributed by atoms with Crippen molar-refractivity contribution in [2.24, 2.45) is 5.73 Å². The van der Waals surface area contributed by atoms with Crippen molar-refractivity contribution in [2.75, 3.05) is 19.6 Å². The van der Waals surface area contributed by atoms with E-state index in [1.165, 1.54) is 12.8 Å². The molecule has 1 saturated heterocycles. The summed E-state index contributed by atoms with van der Waals surface area (Å²) in [5.41, 5.74) is 6.55. The highest BCUT2D eigenvalue weighted by molar-refractivity contribution is 6.30. The van der Waals surface area contributed by atoms with Crippen LogP contribution in [0.15, 0.2) is 18.3 Å². The Morgan fingerprint density at radius 3 is 2.82 bits per heavy atom. The molecule has 0 saturated carbocycles. The van der Waals surface area contributed by atoms with E-state index in [1.807, 2.05) is 0 Å². The number of aliphatic hydroxyl groups excluding tert-OH is 1. The molecular formula is C12H18ClN3O. The fraction of sp³-hybridized carbons (Fsp3) is 0.583. The van der Waals surface area contributed by atoms with Crippen molar-refractivity contribution in [3.05, 3.63) is 29.0 Å². The number of likely N-dealkylation sites (tertiary alicyclic amines) is 1. The summed E-state index contributed by atoms with van der Waals surface area (Å²) in [5, 5.41) is 10.7. The zero-order chi connectivity index (χ0) is 12.3. The van der Waals surface area contributed by atoms with E-state index in [4.69, 9.17) is 17.3 Å². The Morgan fingerprint density at radius 1 is 1.47 bits per heavy atom. The second-order valence-corrected chi connectivity index (χ2v) is 4.95. The molecule has 0 unspecified atom stereocenters. The van der Waals surface area contributed by atoms with E-state index in [9.17, 15) is 5.11 Å². The molecule has 0 aliphatic carbocycles. The number of rotatable bonds is 4. The van der Waals surface area contributed by atoms with Crippen LogP contribution in [0.5, 0.6) is 0 Å². The molecule has 94 valence electrons. The largest absolute Gasteiger partial charge is 0.385 e. The number of nitrogens with zero attached hydrogens (tertiary/aromatic N) is 2. The third-order valence-electron chi connectivity index (χ3n) is 3.12. The molecule has 4 nitrogen and oxygen atoms in total. The van der Waals surface area contributed by atoms with E-state index < -0.39 is 6.10 Å². The summed E-state index contributed by atoms with van der Waals surface area (Å²) in [4.78, 5) is 6.38. The SMILES string of the molecule is N[C@H](CN1CCCC1)[C@H](O)c1cc(Cl)ccn1. The van der Waals surface area contributed by atoms with Crippen molar-refractivity contribution in [2.45, 2.75) is 25.0 Å². The maximum Gasteiger partial charge on any atom is 0.112 e. The Balaban J connectivity index is 1.96. The van der Waals surface area contributed by atoms with Gasteiger partial charge in [-0.1, -0.05) is 11.6 Å². The summed E-state index contributed by atoms with van der Waals surface area (Å²) in [6.45, 7) is 2.85. The highest BCUT2D eigenvalue weighted by atomic mass is 35.5. The van der Waals surface area contributed by atoms with Crippen molar-refractivity contribution in [3.8, 4) is 0 Å². The summed E-state index contributed by atoms with van der Waals surface area (Å²) in [7, 11) is 0. The maximum atomic E-state index is 10.1. The number of nitrogens with two attached hydrogens (primary N) is 1. The molecule has 0 bridgehead atoms. The van der Waals surface area contributed by atoms with Gasteiger partial charge >= 0.3 is 0 Å². The van der Waals surface area contributed by atoms with Crippen molar-refractivity contribution < 1.29 is 5.11 Å². The molecular weight excluding hydrogens is 238 g/mol.